The van der Waals surface area contributed by atoms with Gasteiger partial charge in [0.15, 0.2) is 18.0 Å². The van der Waals surface area contributed by atoms with Gasteiger partial charge in [-0.25, -0.2) is 14.2 Å². The number of halogens is 1. The molecule has 0 aromatic heterocycles. The highest BCUT2D eigenvalue weighted by Gasteiger charge is 2.54. The fourth-order valence-corrected chi connectivity index (χ4v) is 3.74. The molecule has 8 heteroatoms. The number of rotatable bonds is 3. The molecule has 146 valence electrons. The average molecular weight is 392 g/mol. The molecule has 0 spiro atoms. The smallest absolute Gasteiger partial charge is 0.328 e. The first kappa shape index (κ1) is 17.4. The highest BCUT2D eigenvalue weighted by atomic mass is 19.1. The Bertz CT molecular complexity index is 1050. The number of fused-ring (bicyclic) bond motifs is 3. The van der Waals surface area contributed by atoms with E-state index in [9.17, 15) is 14.0 Å². The summed E-state index contributed by atoms with van der Waals surface area (Å²) >= 11 is 0. The predicted molar refractivity (Wildman–Crippen MR) is 102 cm³/mol. The summed E-state index contributed by atoms with van der Waals surface area (Å²) < 4.78 is 19.0. The van der Waals surface area contributed by atoms with Crippen LogP contribution in [-0.4, -0.2) is 51.9 Å². The number of hydrogen-bond acceptors (Lipinski definition) is 5. The molecule has 0 bridgehead atoms. The Labute approximate surface area is 166 Å². The predicted octanol–water partition coefficient (Wildman–Crippen LogP) is 2.61. The lowest BCUT2D eigenvalue weighted by molar-refractivity contribution is -0.137. The number of nitrogens with zero attached hydrogens (tertiary/aromatic N) is 4. The molecule has 5 rings (SSSR count). The van der Waals surface area contributed by atoms with E-state index < -0.39 is 18.2 Å². The first-order valence-electron chi connectivity index (χ1n) is 9.17. The van der Waals surface area contributed by atoms with Crippen LogP contribution in [0, 0.1) is 5.82 Å². The van der Waals surface area contributed by atoms with Gasteiger partial charge in [0, 0.05) is 12.6 Å². The van der Waals surface area contributed by atoms with Crippen molar-refractivity contribution < 1.29 is 18.7 Å². The van der Waals surface area contributed by atoms with Crippen molar-refractivity contribution in [2.24, 2.45) is 4.99 Å². The Kier molecular flexibility index (Phi) is 3.87. The van der Waals surface area contributed by atoms with Gasteiger partial charge in [-0.2, -0.15) is 0 Å². The third-order valence-corrected chi connectivity index (χ3v) is 5.26. The monoisotopic (exact) mass is 392 g/mol. The van der Waals surface area contributed by atoms with Gasteiger partial charge in [0.2, 0.25) is 0 Å². The van der Waals surface area contributed by atoms with E-state index in [1.165, 1.54) is 21.9 Å². The fraction of sp³-hybridized carbons (Fsp3) is 0.190. The number of benzene rings is 2. The molecule has 3 aliphatic heterocycles. The minimum atomic E-state index is -0.700. The third-order valence-electron chi connectivity index (χ3n) is 5.26. The van der Waals surface area contributed by atoms with Crippen LogP contribution in [0.4, 0.5) is 9.18 Å². The maximum Gasteiger partial charge on any atom is 0.328 e. The molecule has 7 nitrogen and oxygen atoms in total. The van der Waals surface area contributed by atoms with Crippen molar-refractivity contribution in [3.63, 3.8) is 0 Å². The van der Waals surface area contributed by atoms with E-state index >= 15 is 0 Å². The van der Waals surface area contributed by atoms with Gasteiger partial charge >= 0.3 is 6.03 Å². The van der Waals surface area contributed by atoms with Crippen LogP contribution in [0.2, 0.25) is 0 Å². The van der Waals surface area contributed by atoms with Gasteiger partial charge in [-0.3, -0.25) is 14.6 Å². The van der Waals surface area contributed by atoms with Gasteiger partial charge in [-0.1, -0.05) is 30.3 Å². The lowest BCUT2D eigenvalue weighted by Gasteiger charge is -2.39. The molecule has 3 aliphatic rings. The van der Waals surface area contributed by atoms with E-state index in [4.69, 9.17) is 4.74 Å². The molecule has 2 atom stereocenters. The van der Waals surface area contributed by atoms with Crippen LogP contribution in [0.5, 0.6) is 0 Å². The van der Waals surface area contributed by atoms with Crippen LogP contribution in [0.25, 0.3) is 5.76 Å². The molecule has 2 aromatic rings. The van der Waals surface area contributed by atoms with Crippen molar-refractivity contribution in [3.05, 3.63) is 77.7 Å². The van der Waals surface area contributed by atoms with Crippen LogP contribution < -0.4 is 0 Å². The zero-order valence-electron chi connectivity index (χ0n) is 15.5. The number of carbonyl (C=O) groups excluding carboxylic acids is 2. The number of imide groups is 1. The number of amidine groups is 1. The van der Waals surface area contributed by atoms with Gasteiger partial charge < -0.3 is 9.64 Å². The molecule has 0 N–H and O–H groups in total. The number of aliphatic imine (C=N–C) groups is 1. The van der Waals surface area contributed by atoms with Crippen molar-refractivity contribution in [1.29, 1.82) is 0 Å². The summed E-state index contributed by atoms with van der Waals surface area (Å²) in [4.78, 5) is 34.8. The molecule has 1 saturated heterocycles. The zero-order chi connectivity index (χ0) is 20.1. The van der Waals surface area contributed by atoms with Crippen molar-refractivity contribution in [2.75, 3.05) is 7.05 Å². The number of ether oxygens (including phenoxy) is 1. The second kappa shape index (κ2) is 6.44. The second-order valence-electron chi connectivity index (χ2n) is 7.08. The van der Waals surface area contributed by atoms with E-state index in [1.54, 1.807) is 30.3 Å². The summed E-state index contributed by atoms with van der Waals surface area (Å²) in [5.41, 5.74) is 1.54. The quantitative estimate of drug-likeness (QED) is 0.806. The lowest BCUT2D eigenvalue weighted by Crippen LogP contribution is -2.63. The molecule has 2 unspecified atom stereocenters. The van der Waals surface area contributed by atoms with Crippen LogP contribution >= 0.6 is 0 Å². The topological polar surface area (TPSA) is 65.5 Å². The molecule has 1 fully saturated rings. The fourth-order valence-electron chi connectivity index (χ4n) is 3.74. The SMILES string of the molecule is CN1C(=O)N(Cc2ccccc2)C(=O)C2C1N=C1OC(c3ccc(F)cc3)=CN12. The largest absolute Gasteiger partial charge is 0.423 e. The molecular weight excluding hydrogens is 375 g/mol. The van der Waals surface area contributed by atoms with E-state index in [0.29, 0.717) is 11.3 Å². The normalized spacial score (nSPS) is 22.9. The minimum Gasteiger partial charge on any atom is -0.423 e. The Morgan fingerprint density at radius 2 is 1.79 bits per heavy atom. The first-order chi connectivity index (χ1) is 14.0. The molecule has 3 heterocycles. The lowest BCUT2D eigenvalue weighted by atomic mass is 10.1. The van der Waals surface area contributed by atoms with Crippen LogP contribution in [0.15, 0.2) is 65.8 Å². The van der Waals surface area contributed by atoms with Gasteiger partial charge in [-0.05, 0) is 29.8 Å². The zero-order valence-corrected chi connectivity index (χ0v) is 15.5. The van der Waals surface area contributed by atoms with Gasteiger partial charge in [-0.15, -0.1) is 0 Å². The molecule has 29 heavy (non-hydrogen) atoms. The van der Waals surface area contributed by atoms with Crippen molar-refractivity contribution >= 4 is 23.7 Å². The summed E-state index contributed by atoms with van der Waals surface area (Å²) in [5.74, 6) is -0.200. The summed E-state index contributed by atoms with van der Waals surface area (Å²) in [5, 5.41) is 0. The number of carbonyl (C=O) groups is 2. The highest BCUT2D eigenvalue weighted by Crippen LogP contribution is 2.35. The summed E-state index contributed by atoms with van der Waals surface area (Å²) in [7, 11) is 1.63. The second-order valence-corrected chi connectivity index (χ2v) is 7.08. The number of amides is 3. The van der Waals surface area contributed by atoms with Crippen LogP contribution in [-0.2, 0) is 16.1 Å². The number of hydrogen-bond donors (Lipinski definition) is 0. The van der Waals surface area contributed by atoms with E-state index in [2.05, 4.69) is 4.99 Å². The Morgan fingerprint density at radius 1 is 1.07 bits per heavy atom. The Balaban J connectivity index is 1.44. The maximum atomic E-state index is 13.2. The Morgan fingerprint density at radius 3 is 2.52 bits per heavy atom. The molecule has 0 radical (unpaired) electrons. The van der Waals surface area contributed by atoms with E-state index in [-0.39, 0.29) is 24.3 Å². The summed E-state index contributed by atoms with van der Waals surface area (Å²) in [6.07, 6.45) is 1.03. The van der Waals surface area contributed by atoms with Crippen LogP contribution in [0.1, 0.15) is 11.1 Å². The van der Waals surface area contributed by atoms with Crippen molar-refractivity contribution in [3.8, 4) is 0 Å². The summed E-state index contributed by atoms with van der Waals surface area (Å²) in [6, 6.07) is 14.4. The Hall–Kier alpha value is -3.68. The van der Waals surface area contributed by atoms with Crippen LogP contribution in [0.3, 0.4) is 0 Å². The first-order valence-corrected chi connectivity index (χ1v) is 9.17. The van der Waals surface area contributed by atoms with E-state index in [0.717, 1.165) is 5.56 Å². The third kappa shape index (κ3) is 2.75. The molecule has 2 aromatic carbocycles. The van der Waals surface area contributed by atoms with Crippen molar-refractivity contribution in [1.82, 2.24) is 14.7 Å². The molecule has 0 saturated carbocycles. The van der Waals surface area contributed by atoms with E-state index in [1.807, 2.05) is 30.3 Å². The summed E-state index contributed by atoms with van der Waals surface area (Å²) in [6.45, 7) is 0.185. The maximum absolute atomic E-state index is 13.2. The van der Waals surface area contributed by atoms with Gasteiger partial charge in [0.05, 0.1) is 12.7 Å². The average Bonchev–Trinajstić information content (AvgIpc) is 3.29. The molecule has 0 aliphatic carbocycles. The van der Waals surface area contributed by atoms with Crippen molar-refractivity contribution in [2.45, 2.75) is 18.8 Å². The molecule has 3 amide bonds. The number of likely N-dealkylation sites (N-methyl/N-ethyl adjacent to an activating group) is 1. The van der Waals surface area contributed by atoms with Gasteiger partial charge in [0.1, 0.15) is 5.82 Å². The molecular formula is C21H17FN4O3. The number of urea groups is 1. The minimum absolute atomic E-state index is 0.185. The van der Waals surface area contributed by atoms with Gasteiger partial charge in [0.25, 0.3) is 11.9 Å². The standard InChI is InChI=1S/C21H17FN4O3/c1-24-18-17(19(27)26(21(24)28)11-13-5-3-2-4-6-13)25-12-16(29-20(25)23-18)14-7-9-15(22)10-8-14/h2-10,12,17-18H,11H2,1H3. The highest BCUT2D eigenvalue weighted by molar-refractivity contribution is 6.04.